The van der Waals surface area contributed by atoms with Crippen LogP contribution in [0.2, 0.25) is 0 Å². The molecule has 6 nitrogen and oxygen atoms in total. The molecule has 0 aliphatic carbocycles. The molecule has 2 N–H and O–H groups in total. The molecule has 132 valence electrons. The summed E-state index contributed by atoms with van der Waals surface area (Å²) in [6, 6.07) is 16.9. The van der Waals surface area contributed by atoms with Crippen LogP contribution >= 0.6 is 0 Å². The zero-order valence-corrected chi connectivity index (χ0v) is 14.7. The minimum absolute atomic E-state index is 0.328. The minimum atomic E-state index is -0.328. The van der Waals surface area contributed by atoms with Gasteiger partial charge in [-0.2, -0.15) is 0 Å². The molecule has 0 spiro atoms. The maximum Gasteiger partial charge on any atom is 0.338 e. The molecule has 0 aliphatic heterocycles. The van der Waals surface area contributed by atoms with Gasteiger partial charge in [0.2, 0.25) is 0 Å². The predicted molar refractivity (Wildman–Crippen MR) is 102 cm³/mol. The van der Waals surface area contributed by atoms with E-state index in [0.29, 0.717) is 23.8 Å². The molecule has 0 radical (unpaired) electrons. The molecule has 0 unspecified atom stereocenters. The summed E-state index contributed by atoms with van der Waals surface area (Å²) in [4.78, 5) is 20.1. The number of nitrogens with zero attached hydrogens (tertiary/aromatic N) is 2. The van der Waals surface area contributed by atoms with Crippen LogP contribution in [0.15, 0.2) is 60.9 Å². The molecular formula is C20H20N4O2. The number of hydrogen-bond donors (Lipinski definition) is 2. The molecule has 0 atom stereocenters. The van der Waals surface area contributed by atoms with Crippen LogP contribution in [-0.4, -0.2) is 22.5 Å². The molecule has 1 heterocycles. The first-order chi connectivity index (χ1) is 12.6. The molecule has 0 fully saturated rings. The van der Waals surface area contributed by atoms with Crippen molar-refractivity contribution in [1.29, 1.82) is 0 Å². The SMILES string of the molecule is CCOC(=O)c1ccc(Nc2cc(Nc3ccc(C)cc3)ncn2)cc1. The molecule has 0 saturated heterocycles. The van der Waals surface area contributed by atoms with E-state index in [0.717, 1.165) is 11.4 Å². The number of rotatable bonds is 6. The maximum atomic E-state index is 11.7. The Kier molecular flexibility index (Phi) is 5.43. The van der Waals surface area contributed by atoms with E-state index in [9.17, 15) is 4.79 Å². The van der Waals surface area contributed by atoms with Crippen molar-refractivity contribution in [2.24, 2.45) is 0 Å². The number of ether oxygens (including phenoxy) is 1. The number of benzene rings is 2. The summed E-state index contributed by atoms with van der Waals surface area (Å²) < 4.78 is 4.98. The van der Waals surface area contributed by atoms with Gasteiger partial charge in [0.05, 0.1) is 12.2 Å². The van der Waals surface area contributed by atoms with Crippen molar-refractivity contribution < 1.29 is 9.53 Å². The van der Waals surface area contributed by atoms with Crippen LogP contribution in [0.5, 0.6) is 0 Å². The summed E-state index contributed by atoms with van der Waals surface area (Å²) in [5.41, 5.74) is 3.49. The van der Waals surface area contributed by atoms with Crippen molar-refractivity contribution in [2.45, 2.75) is 13.8 Å². The van der Waals surface area contributed by atoms with E-state index < -0.39 is 0 Å². The first-order valence-corrected chi connectivity index (χ1v) is 8.34. The Labute approximate surface area is 152 Å². The molecule has 0 bridgehead atoms. The fraction of sp³-hybridized carbons (Fsp3) is 0.150. The Hall–Kier alpha value is -3.41. The number of hydrogen-bond acceptors (Lipinski definition) is 6. The molecule has 26 heavy (non-hydrogen) atoms. The van der Waals surface area contributed by atoms with E-state index in [4.69, 9.17) is 4.74 Å². The van der Waals surface area contributed by atoms with Gasteiger partial charge < -0.3 is 15.4 Å². The van der Waals surface area contributed by atoms with E-state index in [2.05, 4.69) is 20.6 Å². The van der Waals surface area contributed by atoms with Crippen molar-refractivity contribution in [3.05, 3.63) is 72.1 Å². The number of aryl methyl sites for hydroxylation is 1. The third-order valence-electron chi connectivity index (χ3n) is 3.66. The fourth-order valence-corrected chi connectivity index (χ4v) is 2.33. The number of carbonyl (C=O) groups excluding carboxylic acids is 1. The van der Waals surface area contributed by atoms with Crippen molar-refractivity contribution in [3.63, 3.8) is 0 Å². The number of carbonyl (C=O) groups is 1. The number of nitrogens with one attached hydrogen (secondary N) is 2. The van der Waals surface area contributed by atoms with E-state index in [1.807, 2.05) is 37.3 Å². The van der Waals surface area contributed by atoms with E-state index >= 15 is 0 Å². The second-order valence-corrected chi connectivity index (χ2v) is 5.70. The predicted octanol–water partition coefficient (Wildman–Crippen LogP) is 4.45. The third kappa shape index (κ3) is 4.57. The summed E-state index contributed by atoms with van der Waals surface area (Å²) in [7, 11) is 0. The van der Waals surface area contributed by atoms with Crippen molar-refractivity contribution >= 4 is 29.0 Å². The third-order valence-corrected chi connectivity index (χ3v) is 3.66. The standard InChI is InChI=1S/C20H20N4O2/c1-3-26-20(25)15-6-10-17(11-7-15)24-19-12-18(21-13-22-19)23-16-8-4-14(2)5-9-16/h4-13H,3H2,1-2H3,(H2,21,22,23,24). The largest absolute Gasteiger partial charge is 0.462 e. The second kappa shape index (κ2) is 8.11. The lowest BCUT2D eigenvalue weighted by molar-refractivity contribution is 0.0526. The van der Waals surface area contributed by atoms with Crippen LogP contribution in [0.3, 0.4) is 0 Å². The number of anilines is 4. The number of aromatic nitrogens is 2. The Bertz CT molecular complexity index is 877. The monoisotopic (exact) mass is 348 g/mol. The second-order valence-electron chi connectivity index (χ2n) is 5.70. The molecule has 0 saturated carbocycles. The van der Waals surface area contributed by atoms with E-state index in [1.165, 1.54) is 11.9 Å². The van der Waals surface area contributed by atoms with Crippen LogP contribution in [0, 0.1) is 6.92 Å². The van der Waals surface area contributed by atoms with Gasteiger partial charge >= 0.3 is 5.97 Å². The number of esters is 1. The van der Waals surface area contributed by atoms with Gasteiger partial charge in [0.15, 0.2) is 0 Å². The first kappa shape index (κ1) is 17.4. The van der Waals surface area contributed by atoms with E-state index in [-0.39, 0.29) is 5.97 Å². The molecule has 2 aromatic carbocycles. The highest BCUT2D eigenvalue weighted by atomic mass is 16.5. The lowest BCUT2D eigenvalue weighted by Gasteiger charge is -2.09. The van der Waals surface area contributed by atoms with Crippen molar-refractivity contribution in [3.8, 4) is 0 Å². The van der Waals surface area contributed by atoms with Gasteiger partial charge in [-0.3, -0.25) is 0 Å². The highest BCUT2D eigenvalue weighted by molar-refractivity contribution is 5.89. The summed E-state index contributed by atoms with van der Waals surface area (Å²) >= 11 is 0. The molecule has 6 heteroatoms. The van der Waals surface area contributed by atoms with Crippen LogP contribution in [0.1, 0.15) is 22.8 Å². The average molecular weight is 348 g/mol. The van der Waals surface area contributed by atoms with Crippen molar-refractivity contribution in [2.75, 3.05) is 17.2 Å². The summed E-state index contributed by atoms with van der Waals surface area (Å²) in [6.07, 6.45) is 1.49. The highest BCUT2D eigenvalue weighted by Gasteiger charge is 2.06. The van der Waals surface area contributed by atoms with Gasteiger partial charge in [-0.15, -0.1) is 0 Å². The van der Waals surface area contributed by atoms with Gasteiger partial charge in [0, 0.05) is 17.4 Å². The quantitative estimate of drug-likeness (QED) is 0.641. The van der Waals surface area contributed by atoms with Gasteiger partial charge in [-0.05, 0) is 50.2 Å². The van der Waals surface area contributed by atoms with Crippen LogP contribution < -0.4 is 10.6 Å². The maximum absolute atomic E-state index is 11.7. The minimum Gasteiger partial charge on any atom is -0.462 e. The zero-order valence-electron chi connectivity index (χ0n) is 14.7. The topological polar surface area (TPSA) is 76.1 Å². The normalized spacial score (nSPS) is 10.2. The fourth-order valence-electron chi connectivity index (χ4n) is 2.33. The molecule has 3 aromatic rings. The Morgan fingerprint density at radius 1 is 0.923 bits per heavy atom. The Morgan fingerprint density at radius 3 is 2.00 bits per heavy atom. The van der Waals surface area contributed by atoms with Gasteiger partial charge in [0.1, 0.15) is 18.0 Å². The Morgan fingerprint density at radius 2 is 1.46 bits per heavy atom. The summed E-state index contributed by atoms with van der Waals surface area (Å²) in [5, 5.41) is 6.44. The van der Waals surface area contributed by atoms with E-state index in [1.54, 1.807) is 31.2 Å². The van der Waals surface area contributed by atoms with Gasteiger partial charge in [-0.1, -0.05) is 17.7 Å². The lowest BCUT2D eigenvalue weighted by atomic mass is 10.2. The average Bonchev–Trinajstić information content (AvgIpc) is 2.65. The molecule has 1 aromatic heterocycles. The van der Waals surface area contributed by atoms with Crippen molar-refractivity contribution in [1.82, 2.24) is 9.97 Å². The van der Waals surface area contributed by atoms with Gasteiger partial charge in [-0.25, -0.2) is 14.8 Å². The first-order valence-electron chi connectivity index (χ1n) is 8.34. The highest BCUT2D eigenvalue weighted by Crippen LogP contribution is 2.20. The zero-order chi connectivity index (χ0) is 18.4. The van der Waals surface area contributed by atoms with Crippen LogP contribution in [0.25, 0.3) is 0 Å². The summed E-state index contributed by atoms with van der Waals surface area (Å²) in [5.74, 6) is 1.01. The van der Waals surface area contributed by atoms with Crippen LogP contribution in [-0.2, 0) is 4.74 Å². The lowest BCUT2D eigenvalue weighted by Crippen LogP contribution is -2.04. The van der Waals surface area contributed by atoms with Crippen LogP contribution in [0.4, 0.5) is 23.0 Å². The molecule has 3 rings (SSSR count). The molecule has 0 amide bonds. The summed E-state index contributed by atoms with van der Waals surface area (Å²) in [6.45, 7) is 4.19. The smallest absolute Gasteiger partial charge is 0.338 e. The molecular weight excluding hydrogens is 328 g/mol. The Balaban J connectivity index is 1.68. The van der Waals surface area contributed by atoms with Gasteiger partial charge in [0.25, 0.3) is 0 Å². The molecule has 0 aliphatic rings.